The van der Waals surface area contributed by atoms with Gasteiger partial charge < -0.3 is 14.5 Å². The molecule has 7 nitrogen and oxygen atoms in total. The Morgan fingerprint density at radius 3 is 2.75 bits per heavy atom. The summed E-state index contributed by atoms with van der Waals surface area (Å²) in [5.41, 5.74) is 0. The van der Waals surface area contributed by atoms with Crippen molar-refractivity contribution in [3.05, 3.63) is 17.9 Å². The summed E-state index contributed by atoms with van der Waals surface area (Å²) in [5, 5.41) is 6.85. The Balaban J connectivity index is 2.68. The van der Waals surface area contributed by atoms with Crippen LogP contribution in [0.25, 0.3) is 0 Å². The molecule has 0 aliphatic carbocycles. The van der Waals surface area contributed by atoms with Crippen molar-refractivity contribution in [2.75, 3.05) is 20.3 Å². The Kier molecular flexibility index (Phi) is 4.05. The molecule has 0 fully saturated rings. The minimum Gasteiger partial charge on any atom is -0.438 e. The molecule has 0 aromatic carbocycles. The molecule has 1 heterocycles. The van der Waals surface area contributed by atoms with Gasteiger partial charge in [-0.25, -0.2) is 13.6 Å². The van der Waals surface area contributed by atoms with Crippen LogP contribution in [0, 0.1) is 0 Å². The largest absolute Gasteiger partial charge is 0.438 e. The van der Waals surface area contributed by atoms with Gasteiger partial charge in [0.15, 0.2) is 5.76 Å². The van der Waals surface area contributed by atoms with E-state index < -0.39 is 21.0 Å². The molecule has 0 aliphatic rings. The van der Waals surface area contributed by atoms with Gasteiger partial charge in [-0.3, -0.25) is 4.79 Å². The average Bonchev–Trinajstić information content (AvgIpc) is 2.66. The molecule has 16 heavy (non-hydrogen) atoms. The first-order chi connectivity index (χ1) is 7.45. The van der Waals surface area contributed by atoms with E-state index in [0.717, 1.165) is 6.07 Å². The molecule has 0 bridgehead atoms. The molecule has 0 radical (unpaired) electrons. The third-order valence-electron chi connectivity index (χ3n) is 1.68. The number of amides is 1. The predicted octanol–water partition coefficient (Wildman–Crippen LogP) is -0.697. The minimum absolute atomic E-state index is 0.111. The molecule has 0 atom stereocenters. The van der Waals surface area contributed by atoms with Crippen molar-refractivity contribution >= 4 is 15.9 Å². The highest BCUT2D eigenvalue weighted by atomic mass is 32.2. The SMILES string of the molecule is COCCNC(=O)c1ccc(S(N)(=O)=O)o1. The highest BCUT2D eigenvalue weighted by molar-refractivity contribution is 7.89. The maximum Gasteiger partial charge on any atom is 0.287 e. The number of ether oxygens (including phenoxy) is 1. The fourth-order valence-electron chi connectivity index (χ4n) is 0.949. The molecule has 90 valence electrons. The molecule has 0 saturated carbocycles. The summed E-state index contributed by atoms with van der Waals surface area (Å²) in [6, 6.07) is 2.36. The van der Waals surface area contributed by atoms with Crippen LogP contribution in [0.5, 0.6) is 0 Å². The van der Waals surface area contributed by atoms with Gasteiger partial charge in [0.2, 0.25) is 5.09 Å². The van der Waals surface area contributed by atoms with Crippen LogP contribution in [-0.2, 0) is 14.8 Å². The van der Waals surface area contributed by atoms with Crippen LogP contribution < -0.4 is 10.5 Å². The number of carbonyl (C=O) groups excluding carboxylic acids is 1. The number of primary sulfonamides is 1. The Labute approximate surface area is 92.6 Å². The smallest absolute Gasteiger partial charge is 0.287 e. The van der Waals surface area contributed by atoms with Gasteiger partial charge in [0.1, 0.15) is 0 Å². The summed E-state index contributed by atoms with van der Waals surface area (Å²) in [5.74, 6) is -0.632. The van der Waals surface area contributed by atoms with E-state index in [4.69, 9.17) is 14.3 Å². The van der Waals surface area contributed by atoms with Crippen LogP contribution in [0.1, 0.15) is 10.6 Å². The Bertz CT molecular complexity index is 465. The summed E-state index contributed by atoms with van der Waals surface area (Å²) in [6.07, 6.45) is 0. The van der Waals surface area contributed by atoms with E-state index in [-0.39, 0.29) is 5.76 Å². The normalized spacial score (nSPS) is 11.4. The number of rotatable bonds is 5. The number of hydrogen-bond acceptors (Lipinski definition) is 5. The fraction of sp³-hybridized carbons (Fsp3) is 0.375. The third-order valence-corrected chi connectivity index (χ3v) is 2.46. The van der Waals surface area contributed by atoms with E-state index in [0.29, 0.717) is 13.2 Å². The summed E-state index contributed by atoms with van der Waals surface area (Å²) in [7, 11) is -2.41. The van der Waals surface area contributed by atoms with Crippen molar-refractivity contribution in [2.24, 2.45) is 5.14 Å². The molecule has 1 aromatic rings. The standard InChI is InChI=1S/C8H12N2O5S/c1-14-5-4-10-8(11)6-2-3-7(15-6)16(9,12)13/h2-3H,4-5H2,1H3,(H,10,11)(H2,9,12,13). The zero-order valence-electron chi connectivity index (χ0n) is 8.60. The molecular formula is C8H12N2O5S. The molecular weight excluding hydrogens is 236 g/mol. The van der Waals surface area contributed by atoms with Gasteiger partial charge in [0, 0.05) is 13.7 Å². The number of furan rings is 1. The van der Waals surface area contributed by atoms with Gasteiger partial charge >= 0.3 is 0 Å². The highest BCUT2D eigenvalue weighted by Crippen LogP contribution is 2.11. The van der Waals surface area contributed by atoms with Crippen molar-refractivity contribution in [1.82, 2.24) is 5.32 Å². The topological polar surface area (TPSA) is 112 Å². The maximum atomic E-state index is 11.4. The number of nitrogens with one attached hydrogen (secondary N) is 1. The van der Waals surface area contributed by atoms with Gasteiger partial charge in [-0.2, -0.15) is 0 Å². The highest BCUT2D eigenvalue weighted by Gasteiger charge is 2.16. The van der Waals surface area contributed by atoms with Gasteiger partial charge in [0.05, 0.1) is 6.61 Å². The van der Waals surface area contributed by atoms with E-state index in [9.17, 15) is 13.2 Å². The maximum absolute atomic E-state index is 11.4. The molecule has 3 N–H and O–H groups in total. The fourth-order valence-corrected chi connectivity index (χ4v) is 1.41. The summed E-state index contributed by atoms with van der Waals surface area (Å²) in [6.45, 7) is 0.662. The first-order valence-electron chi connectivity index (χ1n) is 4.35. The second-order valence-corrected chi connectivity index (χ2v) is 4.40. The van der Waals surface area contributed by atoms with Crippen molar-refractivity contribution in [2.45, 2.75) is 5.09 Å². The lowest BCUT2D eigenvalue weighted by Gasteiger charge is -2.01. The molecule has 0 spiro atoms. The van der Waals surface area contributed by atoms with Gasteiger partial charge in [0.25, 0.3) is 15.9 Å². The van der Waals surface area contributed by atoms with Crippen molar-refractivity contribution in [3.63, 3.8) is 0 Å². The Morgan fingerprint density at radius 1 is 1.56 bits per heavy atom. The van der Waals surface area contributed by atoms with Crippen molar-refractivity contribution < 1.29 is 22.4 Å². The number of carbonyl (C=O) groups is 1. The summed E-state index contributed by atoms with van der Waals surface area (Å²) >= 11 is 0. The lowest BCUT2D eigenvalue weighted by molar-refractivity contribution is 0.0904. The molecule has 0 aliphatic heterocycles. The summed E-state index contributed by atoms with van der Waals surface area (Å²) in [4.78, 5) is 11.4. The zero-order valence-corrected chi connectivity index (χ0v) is 9.41. The van der Waals surface area contributed by atoms with Crippen LogP contribution in [0.2, 0.25) is 0 Å². The Morgan fingerprint density at radius 2 is 2.25 bits per heavy atom. The number of methoxy groups -OCH3 is 1. The van der Waals surface area contributed by atoms with E-state index in [1.54, 1.807) is 0 Å². The third kappa shape index (κ3) is 3.33. The van der Waals surface area contributed by atoms with E-state index in [1.165, 1.54) is 13.2 Å². The van der Waals surface area contributed by atoms with E-state index >= 15 is 0 Å². The number of hydrogen-bond donors (Lipinski definition) is 2. The van der Waals surface area contributed by atoms with Gasteiger partial charge in [-0.15, -0.1) is 0 Å². The molecule has 1 rings (SSSR count). The van der Waals surface area contributed by atoms with E-state index in [2.05, 4.69) is 5.32 Å². The number of nitrogens with two attached hydrogens (primary N) is 1. The van der Waals surface area contributed by atoms with Crippen LogP contribution in [0.3, 0.4) is 0 Å². The van der Waals surface area contributed by atoms with Crippen molar-refractivity contribution in [3.8, 4) is 0 Å². The van der Waals surface area contributed by atoms with Crippen LogP contribution in [0.4, 0.5) is 0 Å². The quantitative estimate of drug-likeness (QED) is 0.669. The van der Waals surface area contributed by atoms with Crippen LogP contribution in [-0.4, -0.2) is 34.6 Å². The zero-order chi connectivity index (χ0) is 12.2. The number of sulfonamides is 1. The molecule has 0 saturated heterocycles. The predicted molar refractivity (Wildman–Crippen MR) is 54.3 cm³/mol. The second kappa shape index (κ2) is 5.10. The van der Waals surface area contributed by atoms with E-state index in [1.807, 2.05) is 0 Å². The lowest BCUT2D eigenvalue weighted by Crippen LogP contribution is -2.26. The van der Waals surface area contributed by atoms with Gasteiger partial charge in [-0.05, 0) is 12.1 Å². The average molecular weight is 248 g/mol. The first kappa shape index (κ1) is 12.7. The van der Waals surface area contributed by atoms with Crippen molar-refractivity contribution in [1.29, 1.82) is 0 Å². The molecule has 0 unspecified atom stereocenters. The second-order valence-electron chi connectivity index (χ2n) is 2.91. The van der Waals surface area contributed by atoms with Crippen LogP contribution >= 0.6 is 0 Å². The lowest BCUT2D eigenvalue weighted by atomic mass is 10.4. The molecule has 8 heteroatoms. The van der Waals surface area contributed by atoms with Gasteiger partial charge in [-0.1, -0.05) is 0 Å². The summed E-state index contributed by atoms with van der Waals surface area (Å²) < 4.78 is 31.2. The first-order valence-corrected chi connectivity index (χ1v) is 5.89. The monoisotopic (exact) mass is 248 g/mol. The van der Waals surface area contributed by atoms with Crippen LogP contribution in [0.15, 0.2) is 21.6 Å². The molecule has 1 amide bonds. The minimum atomic E-state index is -3.91. The molecule has 1 aromatic heterocycles. The Hall–Kier alpha value is -1.38.